The lowest BCUT2D eigenvalue weighted by Gasteiger charge is -2.34. The summed E-state index contributed by atoms with van der Waals surface area (Å²) >= 11 is 0. The summed E-state index contributed by atoms with van der Waals surface area (Å²) in [4.78, 5) is 12.2. The first-order valence-corrected chi connectivity index (χ1v) is 10.6. The van der Waals surface area contributed by atoms with E-state index in [9.17, 15) is 9.18 Å². The van der Waals surface area contributed by atoms with E-state index in [0.717, 1.165) is 11.3 Å². The van der Waals surface area contributed by atoms with Crippen LogP contribution < -0.4 is 10.1 Å². The summed E-state index contributed by atoms with van der Waals surface area (Å²) in [7, 11) is 0. The number of nitrogens with one attached hydrogen (secondary N) is 1. The van der Waals surface area contributed by atoms with Gasteiger partial charge in [0.15, 0.2) is 5.78 Å². The number of hydrogen-bond donors (Lipinski definition) is 1. The van der Waals surface area contributed by atoms with Crippen molar-refractivity contribution in [2.75, 3.05) is 6.54 Å². The molecule has 0 heterocycles. The minimum Gasteiger partial charge on any atom is -0.489 e. The maximum absolute atomic E-state index is 13.0. The third-order valence-electron chi connectivity index (χ3n) is 5.75. The van der Waals surface area contributed by atoms with Crippen LogP contribution in [0.4, 0.5) is 4.39 Å². The average Bonchev–Trinajstić information content (AvgIpc) is 2.81. The van der Waals surface area contributed by atoms with Gasteiger partial charge in [0.2, 0.25) is 0 Å². The molecule has 2 atom stereocenters. The second kappa shape index (κ2) is 9.61. The van der Waals surface area contributed by atoms with Crippen LogP contribution in [0.25, 0.3) is 0 Å². The van der Waals surface area contributed by atoms with E-state index >= 15 is 0 Å². The smallest absolute Gasteiger partial charge is 0.164 e. The SMILES string of the molecule is CC1C(NCCC(=O)c2ccc(F)cc2)=CC1c1ccc(OCc2ccccc2)cc1. The van der Waals surface area contributed by atoms with Crippen LogP contribution in [-0.4, -0.2) is 12.3 Å². The van der Waals surface area contributed by atoms with Crippen molar-refractivity contribution in [3.8, 4) is 5.75 Å². The molecule has 31 heavy (non-hydrogen) atoms. The number of allylic oxidation sites excluding steroid dienone is 2. The molecule has 0 amide bonds. The highest BCUT2D eigenvalue weighted by Gasteiger charge is 2.29. The van der Waals surface area contributed by atoms with Crippen LogP contribution in [0.2, 0.25) is 0 Å². The fourth-order valence-electron chi connectivity index (χ4n) is 3.80. The average molecular weight is 416 g/mol. The van der Waals surface area contributed by atoms with Gasteiger partial charge in [-0.25, -0.2) is 4.39 Å². The van der Waals surface area contributed by atoms with Gasteiger partial charge in [0.1, 0.15) is 18.2 Å². The topological polar surface area (TPSA) is 38.3 Å². The molecule has 3 nitrogen and oxygen atoms in total. The fraction of sp³-hybridized carbons (Fsp3) is 0.222. The Bertz CT molecular complexity index is 1040. The Morgan fingerprint density at radius 1 is 0.968 bits per heavy atom. The molecular formula is C27H26FNO2. The first-order chi connectivity index (χ1) is 15.1. The van der Waals surface area contributed by atoms with Gasteiger partial charge in [-0.3, -0.25) is 4.79 Å². The lowest BCUT2D eigenvalue weighted by molar-refractivity contribution is 0.0983. The molecule has 0 aromatic heterocycles. The summed E-state index contributed by atoms with van der Waals surface area (Å²) in [5.41, 5.74) is 4.12. The third kappa shape index (κ3) is 5.21. The Kier molecular flexibility index (Phi) is 6.46. The maximum Gasteiger partial charge on any atom is 0.164 e. The van der Waals surface area contributed by atoms with Gasteiger partial charge in [-0.15, -0.1) is 0 Å². The number of Topliss-reactive ketones (excluding diaryl/α,β-unsaturated/α-hetero) is 1. The number of rotatable bonds is 9. The van der Waals surface area contributed by atoms with Crippen molar-refractivity contribution in [1.29, 1.82) is 0 Å². The van der Waals surface area contributed by atoms with Gasteiger partial charge < -0.3 is 10.1 Å². The molecule has 4 heteroatoms. The molecular weight excluding hydrogens is 389 g/mol. The van der Waals surface area contributed by atoms with E-state index in [-0.39, 0.29) is 11.6 Å². The Hall–Kier alpha value is -3.40. The molecule has 0 bridgehead atoms. The van der Waals surface area contributed by atoms with Crippen LogP contribution in [-0.2, 0) is 6.61 Å². The summed E-state index contributed by atoms with van der Waals surface area (Å²) < 4.78 is 18.8. The zero-order valence-corrected chi connectivity index (χ0v) is 17.6. The molecule has 3 aromatic carbocycles. The van der Waals surface area contributed by atoms with Crippen molar-refractivity contribution in [2.45, 2.75) is 25.9 Å². The fourth-order valence-corrected chi connectivity index (χ4v) is 3.80. The standard InChI is InChI=1S/C27H26FNO2/c1-19-25(17-26(19)29-16-15-27(30)22-7-11-23(28)12-8-22)21-9-13-24(14-10-21)31-18-20-5-3-2-4-6-20/h2-14,17,19,25,29H,15-16,18H2,1H3. The number of benzene rings is 3. The number of ketones is 1. The molecule has 0 spiro atoms. The Balaban J connectivity index is 1.25. The predicted molar refractivity (Wildman–Crippen MR) is 121 cm³/mol. The normalized spacial score (nSPS) is 17.4. The molecule has 0 saturated carbocycles. The summed E-state index contributed by atoms with van der Waals surface area (Å²) in [5.74, 6) is 1.28. The van der Waals surface area contributed by atoms with E-state index in [1.165, 1.54) is 35.5 Å². The van der Waals surface area contributed by atoms with Crippen LogP contribution in [0.5, 0.6) is 5.75 Å². The second-order valence-electron chi connectivity index (χ2n) is 7.89. The van der Waals surface area contributed by atoms with E-state index < -0.39 is 0 Å². The number of ether oxygens (including phenoxy) is 1. The number of hydrogen-bond acceptors (Lipinski definition) is 3. The molecule has 3 aromatic rings. The van der Waals surface area contributed by atoms with Gasteiger partial charge in [-0.1, -0.05) is 55.5 Å². The van der Waals surface area contributed by atoms with E-state index in [4.69, 9.17) is 4.74 Å². The van der Waals surface area contributed by atoms with Crippen molar-refractivity contribution < 1.29 is 13.9 Å². The van der Waals surface area contributed by atoms with Crippen molar-refractivity contribution in [1.82, 2.24) is 5.32 Å². The first kappa shape index (κ1) is 20.9. The van der Waals surface area contributed by atoms with Crippen LogP contribution in [0.15, 0.2) is 90.6 Å². The summed E-state index contributed by atoms with van der Waals surface area (Å²) in [6.07, 6.45) is 2.60. The second-order valence-corrected chi connectivity index (χ2v) is 7.89. The third-order valence-corrected chi connectivity index (χ3v) is 5.75. The molecule has 0 fully saturated rings. The number of carbonyl (C=O) groups is 1. The summed E-state index contributed by atoms with van der Waals surface area (Å²) in [6.45, 7) is 3.32. The lowest BCUT2D eigenvalue weighted by atomic mass is 9.75. The molecule has 0 radical (unpaired) electrons. The highest BCUT2D eigenvalue weighted by Crippen LogP contribution is 2.40. The maximum atomic E-state index is 13.0. The molecule has 1 aliphatic rings. The van der Waals surface area contributed by atoms with Crippen molar-refractivity contribution in [3.63, 3.8) is 0 Å². The zero-order valence-electron chi connectivity index (χ0n) is 17.6. The summed E-state index contributed by atoms with van der Waals surface area (Å²) in [6, 6.07) is 24.1. The Labute approximate surface area is 182 Å². The number of halogens is 1. The molecule has 2 unspecified atom stereocenters. The first-order valence-electron chi connectivity index (χ1n) is 10.6. The highest BCUT2D eigenvalue weighted by atomic mass is 19.1. The minimum absolute atomic E-state index is 0.0164. The zero-order chi connectivity index (χ0) is 21.6. The largest absolute Gasteiger partial charge is 0.489 e. The Morgan fingerprint density at radius 2 is 1.68 bits per heavy atom. The van der Waals surface area contributed by atoms with E-state index in [1.54, 1.807) is 0 Å². The van der Waals surface area contributed by atoms with Gasteiger partial charge >= 0.3 is 0 Å². The van der Waals surface area contributed by atoms with Crippen LogP contribution in [0.1, 0.15) is 40.7 Å². The molecule has 158 valence electrons. The predicted octanol–water partition coefficient (Wildman–Crippen LogP) is 5.88. The minimum atomic E-state index is -0.329. The van der Waals surface area contributed by atoms with E-state index in [0.29, 0.717) is 37.0 Å². The van der Waals surface area contributed by atoms with Gasteiger partial charge in [0.05, 0.1) is 0 Å². The molecule has 1 aliphatic carbocycles. The van der Waals surface area contributed by atoms with Crippen molar-refractivity contribution in [2.24, 2.45) is 5.92 Å². The van der Waals surface area contributed by atoms with E-state index in [1.807, 2.05) is 30.3 Å². The Morgan fingerprint density at radius 3 is 2.35 bits per heavy atom. The van der Waals surface area contributed by atoms with Gasteiger partial charge in [0, 0.05) is 36.1 Å². The van der Waals surface area contributed by atoms with E-state index in [2.05, 4.69) is 42.6 Å². The monoisotopic (exact) mass is 415 g/mol. The molecule has 1 N–H and O–H groups in total. The van der Waals surface area contributed by atoms with Crippen molar-refractivity contribution >= 4 is 5.78 Å². The number of carbonyl (C=O) groups excluding carboxylic acids is 1. The molecule has 4 rings (SSSR count). The van der Waals surface area contributed by atoms with Crippen molar-refractivity contribution in [3.05, 3.63) is 113 Å². The molecule has 0 saturated heterocycles. The lowest BCUT2D eigenvalue weighted by Crippen LogP contribution is -2.31. The van der Waals surface area contributed by atoms with Gasteiger partial charge in [-0.2, -0.15) is 0 Å². The highest BCUT2D eigenvalue weighted by molar-refractivity contribution is 5.96. The molecule has 0 aliphatic heterocycles. The van der Waals surface area contributed by atoms with Gasteiger partial charge in [0.25, 0.3) is 0 Å². The quantitative estimate of drug-likeness (QED) is 0.443. The van der Waals surface area contributed by atoms with Gasteiger partial charge in [-0.05, 0) is 47.5 Å². The van der Waals surface area contributed by atoms with Crippen LogP contribution in [0.3, 0.4) is 0 Å². The van der Waals surface area contributed by atoms with Crippen LogP contribution >= 0.6 is 0 Å². The summed E-state index contributed by atoms with van der Waals surface area (Å²) in [5, 5.41) is 3.37. The van der Waals surface area contributed by atoms with Crippen LogP contribution in [0, 0.1) is 11.7 Å².